The van der Waals surface area contributed by atoms with E-state index in [4.69, 9.17) is 0 Å². The van der Waals surface area contributed by atoms with Crippen molar-refractivity contribution < 1.29 is 9.59 Å². The summed E-state index contributed by atoms with van der Waals surface area (Å²) in [6.07, 6.45) is 2.85. The van der Waals surface area contributed by atoms with Gasteiger partial charge >= 0.3 is 0 Å². The lowest BCUT2D eigenvalue weighted by Crippen LogP contribution is -2.37. The highest BCUT2D eigenvalue weighted by atomic mass is 16.2. The first-order chi connectivity index (χ1) is 9.60. The molecule has 0 aliphatic carbocycles. The molecule has 0 aromatic heterocycles. The zero-order chi connectivity index (χ0) is 14.5. The second kappa shape index (κ2) is 6.55. The predicted molar refractivity (Wildman–Crippen MR) is 79.6 cm³/mol. The van der Waals surface area contributed by atoms with Gasteiger partial charge in [0, 0.05) is 25.1 Å². The highest BCUT2D eigenvalue weighted by Gasteiger charge is 2.31. The fourth-order valence-electron chi connectivity index (χ4n) is 2.42. The molecular formula is C16H22N2O2. The minimum Gasteiger partial charge on any atom is -0.351 e. The summed E-state index contributed by atoms with van der Waals surface area (Å²) in [7, 11) is 0. The number of hydrogen-bond donors (Lipinski definition) is 1. The number of anilines is 1. The number of benzene rings is 1. The molecule has 1 N–H and O–H groups in total. The Labute approximate surface area is 120 Å². The van der Waals surface area contributed by atoms with Gasteiger partial charge in [0.05, 0.1) is 6.04 Å². The van der Waals surface area contributed by atoms with Crippen molar-refractivity contribution in [3.8, 4) is 0 Å². The average Bonchev–Trinajstić information content (AvgIpc) is 2.78. The number of aryl methyl sites for hydroxylation is 1. The van der Waals surface area contributed by atoms with Crippen LogP contribution in [0.25, 0.3) is 0 Å². The van der Waals surface area contributed by atoms with Crippen LogP contribution in [0.15, 0.2) is 24.3 Å². The highest BCUT2D eigenvalue weighted by Crippen LogP contribution is 2.22. The number of hydrogen-bond acceptors (Lipinski definition) is 2. The molecule has 0 spiro atoms. The summed E-state index contributed by atoms with van der Waals surface area (Å²) in [6, 6.07) is 7.84. The van der Waals surface area contributed by atoms with E-state index in [9.17, 15) is 9.59 Å². The van der Waals surface area contributed by atoms with Crippen LogP contribution in [0, 0.1) is 6.92 Å². The molecule has 1 fully saturated rings. The van der Waals surface area contributed by atoms with Gasteiger partial charge < -0.3 is 10.2 Å². The third-order valence-corrected chi connectivity index (χ3v) is 3.59. The SMILES string of the molecule is CCCCC(=O)N[C@H]1CC(=O)N(c2ccc(C)cc2)C1. The molecule has 108 valence electrons. The topological polar surface area (TPSA) is 49.4 Å². The van der Waals surface area contributed by atoms with Gasteiger partial charge in [-0.2, -0.15) is 0 Å². The van der Waals surface area contributed by atoms with Gasteiger partial charge in [0.2, 0.25) is 11.8 Å². The summed E-state index contributed by atoms with van der Waals surface area (Å²) in [4.78, 5) is 25.5. The van der Waals surface area contributed by atoms with Crippen LogP contribution in [0.3, 0.4) is 0 Å². The lowest BCUT2D eigenvalue weighted by molar-refractivity contribution is -0.121. The van der Waals surface area contributed by atoms with Crippen LogP contribution in [-0.4, -0.2) is 24.4 Å². The van der Waals surface area contributed by atoms with E-state index in [0.717, 1.165) is 18.5 Å². The van der Waals surface area contributed by atoms with Gasteiger partial charge in [-0.15, -0.1) is 0 Å². The summed E-state index contributed by atoms with van der Waals surface area (Å²) >= 11 is 0. The van der Waals surface area contributed by atoms with E-state index in [0.29, 0.717) is 19.4 Å². The molecule has 2 amide bonds. The number of nitrogens with one attached hydrogen (secondary N) is 1. The van der Waals surface area contributed by atoms with Crippen LogP contribution in [0.2, 0.25) is 0 Å². The van der Waals surface area contributed by atoms with Crippen molar-refractivity contribution in [3.63, 3.8) is 0 Å². The Hall–Kier alpha value is -1.84. The van der Waals surface area contributed by atoms with E-state index in [1.165, 1.54) is 5.56 Å². The van der Waals surface area contributed by atoms with Gasteiger partial charge in [0.15, 0.2) is 0 Å². The first-order valence-electron chi connectivity index (χ1n) is 7.26. The zero-order valence-electron chi connectivity index (χ0n) is 12.2. The maximum absolute atomic E-state index is 12.0. The third kappa shape index (κ3) is 3.59. The van der Waals surface area contributed by atoms with E-state index in [1.807, 2.05) is 31.2 Å². The predicted octanol–water partition coefficient (Wildman–Crippen LogP) is 2.41. The largest absolute Gasteiger partial charge is 0.351 e. The molecule has 4 heteroatoms. The van der Waals surface area contributed by atoms with Gasteiger partial charge in [-0.25, -0.2) is 0 Å². The molecule has 1 heterocycles. The first-order valence-corrected chi connectivity index (χ1v) is 7.26. The second-order valence-electron chi connectivity index (χ2n) is 5.41. The van der Waals surface area contributed by atoms with Crippen molar-refractivity contribution in [2.24, 2.45) is 0 Å². The van der Waals surface area contributed by atoms with Gasteiger partial charge in [-0.3, -0.25) is 9.59 Å². The molecule has 1 aromatic rings. The molecule has 4 nitrogen and oxygen atoms in total. The monoisotopic (exact) mass is 274 g/mol. The third-order valence-electron chi connectivity index (χ3n) is 3.59. The van der Waals surface area contributed by atoms with Crippen molar-refractivity contribution in [2.75, 3.05) is 11.4 Å². The standard InChI is InChI=1S/C16H22N2O2/c1-3-4-5-15(19)17-13-10-16(20)18(11-13)14-8-6-12(2)7-9-14/h6-9,13H,3-5,10-11H2,1-2H3,(H,17,19)/t13-/m0/s1. The number of carbonyl (C=O) groups excluding carboxylic acids is 2. The Bertz CT molecular complexity index is 482. The molecular weight excluding hydrogens is 252 g/mol. The molecule has 1 saturated heterocycles. The van der Waals surface area contributed by atoms with Gasteiger partial charge in [-0.05, 0) is 25.5 Å². The molecule has 0 bridgehead atoms. The van der Waals surface area contributed by atoms with Crippen LogP contribution in [0.5, 0.6) is 0 Å². The average molecular weight is 274 g/mol. The molecule has 1 atom stereocenters. The van der Waals surface area contributed by atoms with E-state index < -0.39 is 0 Å². The summed E-state index contributed by atoms with van der Waals surface area (Å²) in [6.45, 7) is 4.65. The van der Waals surface area contributed by atoms with Crippen LogP contribution in [0.1, 0.15) is 38.2 Å². The quantitative estimate of drug-likeness (QED) is 0.896. The minimum absolute atomic E-state index is 0.0513. The molecule has 0 radical (unpaired) electrons. The van der Waals surface area contributed by atoms with Gasteiger partial charge in [-0.1, -0.05) is 31.0 Å². The normalized spacial score (nSPS) is 18.4. The number of unbranched alkanes of at least 4 members (excludes halogenated alkanes) is 1. The zero-order valence-corrected chi connectivity index (χ0v) is 12.2. The van der Waals surface area contributed by atoms with Crippen LogP contribution < -0.4 is 10.2 Å². The van der Waals surface area contributed by atoms with E-state index >= 15 is 0 Å². The van der Waals surface area contributed by atoms with E-state index in [2.05, 4.69) is 12.2 Å². The van der Waals surface area contributed by atoms with E-state index in [-0.39, 0.29) is 17.9 Å². The molecule has 20 heavy (non-hydrogen) atoms. The number of carbonyl (C=O) groups is 2. The van der Waals surface area contributed by atoms with Crippen LogP contribution >= 0.6 is 0 Å². The van der Waals surface area contributed by atoms with E-state index in [1.54, 1.807) is 4.90 Å². The van der Waals surface area contributed by atoms with Crippen molar-refractivity contribution in [1.29, 1.82) is 0 Å². The van der Waals surface area contributed by atoms with Crippen molar-refractivity contribution in [2.45, 2.75) is 45.6 Å². The second-order valence-corrected chi connectivity index (χ2v) is 5.41. The molecule has 1 aliphatic heterocycles. The Kier molecular flexibility index (Phi) is 4.77. The molecule has 1 aromatic carbocycles. The fraction of sp³-hybridized carbons (Fsp3) is 0.500. The number of amides is 2. The Morgan fingerprint density at radius 3 is 2.70 bits per heavy atom. The Balaban J connectivity index is 1.93. The maximum atomic E-state index is 12.0. The lowest BCUT2D eigenvalue weighted by atomic mass is 10.2. The summed E-state index contributed by atoms with van der Waals surface area (Å²) in [5.74, 6) is 0.130. The molecule has 0 unspecified atom stereocenters. The van der Waals surface area contributed by atoms with Crippen molar-refractivity contribution >= 4 is 17.5 Å². The summed E-state index contributed by atoms with van der Waals surface area (Å²) in [5.41, 5.74) is 2.08. The van der Waals surface area contributed by atoms with Crippen LogP contribution in [0.4, 0.5) is 5.69 Å². The van der Waals surface area contributed by atoms with Gasteiger partial charge in [0.1, 0.15) is 0 Å². The molecule has 2 rings (SSSR count). The maximum Gasteiger partial charge on any atom is 0.229 e. The van der Waals surface area contributed by atoms with Gasteiger partial charge in [0.25, 0.3) is 0 Å². The molecule has 1 aliphatic rings. The van der Waals surface area contributed by atoms with Crippen molar-refractivity contribution in [1.82, 2.24) is 5.32 Å². The highest BCUT2D eigenvalue weighted by molar-refractivity contribution is 5.96. The minimum atomic E-state index is -0.0619. The lowest BCUT2D eigenvalue weighted by Gasteiger charge is -2.17. The van der Waals surface area contributed by atoms with Crippen molar-refractivity contribution in [3.05, 3.63) is 29.8 Å². The summed E-state index contributed by atoms with van der Waals surface area (Å²) in [5, 5.41) is 2.95. The fourth-order valence-corrected chi connectivity index (χ4v) is 2.42. The summed E-state index contributed by atoms with van der Waals surface area (Å²) < 4.78 is 0. The Morgan fingerprint density at radius 2 is 2.05 bits per heavy atom. The van der Waals surface area contributed by atoms with Crippen LogP contribution in [-0.2, 0) is 9.59 Å². The Morgan fingerprint density at radius 1 is 1.35 bits per heavy atom. The smallest absolute Gasteiger partial charge is 0.229 e. The first kappa shape index (κ1) is 14.6. The molecule has 0 saturated carbocycles. The number of rotatable bonds is 5. The number of nitrogens with zero attached hydrogens (tertiary/aromatic N) is 1.